The molecule has 8 nitrogen and oxygen atoms in total. The van der Waals surface area contributed by atoms with E-state index >= 15 is 0 Å². The van der Waals surface area contributed by atoms with Gasteiger partial charge in [-0.1, -0.05) is 12.2 Å². The highest BCUT2D eigenvalue weighted by Gasteiger charge is 2.66. The third-order valence-electron chi connectivity index (χ3n) is 6.03. The van der Waals surface area contributed by atoms with Gasteiger partial charge >= 0.3 is 0 Å². The number of ether oxygens (including phenoxy) is 3. The van der Waals surface area contributed by atoms with Gasteiger partial charge in [0, 0.05) is 23.9 Å². The molecule has 3 aliphatic rings. The van der Waals surface area contributed by atoms with Crippen LogP contribution in [0.4, 0.5) is 5.69 Å². The van der Waals surface area contributed by atoms with Crippen LogP contribution in [0.5, 0.6) is 11.5 Å². The van der Waals surface area contributed by atoms with Gasteiger partial charge in [0.1, 0.15) is 22.9 Å². The van der Waals surface area contributed by atoms with E-state index in [2.05, 4.69) is 5.32 Å². The first-order chi connectivity index (χ1) is 14.5. The van der Waals surface area contributed by atoms with Crippen LogP contribution >= 0.6 is 0 Å². The second-order valence-corrected chi connectivity index (χ2v) is 7.76. The Bertz CT molecular complexity index is 994. The fourth-order valence-electron chi connectivity index (χ4n) is 4.71. The molecule has 1 aromatic carbocycles. The quantitative estimate of drug-likeness (QED) is 0.735. The number of nitrogens with zero attached hydrogens (tertiary/aromatic N) is 1. The maximum absolute atomic E-state index is 13.2. The van der Waals surface area contributed by atoms with Crippen LogP contribution in [-0.4, -0.2) is 49.2 Å². The summed E-state index contributed by atoms with van der Waals surface area (Å²) in [7, 11) is 3.09. The van der Waals surface area contributed by atoms with Gasteiger partial charge in [0.25, 0.3) is 0 Å². The molecule has 2 amide bonds. The van der Waals surface area contributed by atoms with E-state index in [0.717, 1.165) is 0 Å². The summed E-state index contributed by atoms with van der Waals surface area (Å²) in [6.45, 7) is 0.758. The molecule has 4 atom stereocenters. The standard InChI is InChI=1S/C22H22N2O6/c1-27-15-8-13(9-16(10-15)28-2)23-20(25)18-17-5-6-22(30-17)12-24(21(26)19(18)22)11-14-4-3-7-29-14/h3-10,17-19H,11-12H2,1-2H3,(H,23,25)/t17-,18-,19+,22+/m1/s1. The number of anilines is 1. The SMILES string of the molecule is COc1cc(NC(=O)[C@H]2[C@H]3C(=O)N(Cc4ccco4)C[C@@]34C=C[C@H]2O4)cc(OC)c1. The second kappa shape index (κ2) is 6.91. The number of nitrogens with one attached hydrogen (secondary N) is 1. The van der Waals surface area contributed by atoms with Crippen molar-refractivity contribution in [1.82, 2.24) is 4.90 Å². The summed E-state index contributed by atoms with van der Waals surface area (Å²) in [5, 5.41) is 2.91. The van der Waals surface area contributed by atoms with Gasteiger partial charge in [0.2, 0.25) is 11.8 Å². The molecule has 1 spiro atoms. The number of fused-ring (bicyclic) bond motifs is 1. The van der Waals surface area contributed by atoms with Crippen LogP contribution in [0.2, 0.25) is 0 Å². The van der Waals surface area contributed by atoms with Crippen molar-refractivity contribution in [3.8, 4) is 11.5 Å². The highest BCUT2D eigenvalue weighted by atomic mass is 16.5. The molecule has 4 heterocycles. The Labute approximate surface area is 173 Å². The summed E-state index contributed by atoms with van der Waals surface area (Å²) in [5.74, 6) is 0.291. The number of furan rings is 1. The van der Waals surface area contributed by atoms with E-state index in [-0.39, 0.29) is 11.8 Å². The van der Waals surface area contributed by atoms with Crippen LogP contribution < -0.4 is 14.8 Å². The van der Waals surface area contributed by atoms with Crippen molar-refractivity contribution in [2.75, 3.05) is 26.1 Å². The Morgan fingerprint density at radius 1 is 1.27 bits per heavy atom. The largest absolute Gasteiger partial charge is 0.497 e. The summed E-state index contributed by atoms with van der Waals surface area (Å²) < 4.78 is 22.1. The third-order valence-corrected chi connectivity index (χ3v) is 6.03. The second-order valence-electron chi connectivity index (χ2n) is 7.76. The number of carbonyl (C=O) groups excluding carboxylic acids is 2. The molecule has 0 aliphatic carbocycles. The monoisotopic (exact) mass is 410 g/mol. The van der Waals surface area contributed by atoms with Crippen molar-refractivity contribution in [3.63, 3.8) is 0 Å². The topological polar surface area (TPSA) is 90.2 Å². The first-order valence-electron chi connectivity index (χ1n) is 9.75. The Kier molecular flexibility index (Phi) is 4.32. The van der Waals surface area contributed by atoms with Gasteiger partial charge in [-0.25, -0.2) is 0 Å². The number of likely N-dealkylation sites (tertiary alicyclic amines) is 1. The highest BCUT2D eigenvalue weighted by Crippen LogP contribution is 2.52. The van der Waals surface area contributed by atoms with Crippen LogP contribution in [0.3, 0.4) is 0 Å². The van der Waals surface area contributed by atoms with Crippen LogP contribution in [0.1, 0.15) is 5.76 Å². The fraction of sp³-hybridized carbons (Fsp3) is 0.364. The molecule has 2 saturated heterocycles. The van der Waals surface area contributed by atoms with Gasteiger partial charge in [-0.05, 0) is 12.1 Å². The molecule has 0 saturated carbocycles. The number of amides is 2. The van der Waals surface area contributed by atoms with Gasteiger partial charge in [0.15, 0.2) is 0 Å². The molecule has 2 aromatic rings. The molecule has 5 rings (SSSR count). The van der Waals surface area contributed by atoms with E-state index in [1.54, 1.807) is 49.6 Å². The summed E-state index contributed by atoms with van der Waals surface area (Å²) in [6, 6.07) is 8.75. The summed E-state index contributed by atoms with van der Waals surface area (Å²) in [6.07, 6.45) is 4.98. The number of benzene rings is 1. The molecule has 0 unspecified atom stereocenters. The first kappa shape index (κ1) is 18.7. The van der Waals surface area contributed by atoms with E-state index in [1.807, 2.05) is 18.2 Å². The predicted octanol–water partition coefficient (Wildman–Crippen LogP) is 2.22. The molecular weight excluding hydrogens is 388 g/mol. The molecule has 2 fully saturated rings. The van der Waals surface area contributed by atoms with Crippen molar-refractivity contribution < 1.29 is 28.2 Å². The third kappa shape index (κ3) is 2.87. The number of hydrogen-bond donors (Lipinski definition) is 1. The van der Waals surface area contributed by atoms with E-state index in [9.17, 15) is 9.59 Å². The van der Waals surface area contributed by atoms with Gasteiger partial charge in [0.05, 0.1) is 51.5 Å². The van der Waals surface area contributed by atoms with E-state index in [0.29, 0.717) is 36.0 Å². The van der Waals surface area contributed by atoms with Crippen molar-refractivity contribution in [3.05, 3.63) is 54.5 Å². The average Bonchev–Trinajstić information content (AvgIpc) is 3.51. The summed E-state index contributed by atoms with van der Waals surface area (Å²) in [5.41, 5.74) is -0.225. The lowest BCUT2D eigenvalue weighted by Crippen LogP contribution is -2.41. The van der Waals surface area contributed by atoms with Crippen molar-refractivity contribution in [1.29, 1.82) is 0 Å². The van der Waals surface area contributed by atoms with Crippen LogP contribution in [0.15, 0.2) is 53.2 Å². The predicted molar refractivity (Wildman–Crippen MR) is 106 cm³/mol. The molecule has 2 bridgehead atoms. The average molecular weight is 410 g/mol. The lowest BCUT2D eigenvalue weighted by atomic mass is 9.77. The fourth-order valence-corrected chi connectivity index (χ4v) is 4.71. The van der Waals surface area contributed by atoms with Gasteiger partial charge in [-0.2, -0.15) is 0 Å². The van der Waals surface area contributed by atoms with Crippen molar-refractivity contribution >= 4 is 17.5 Å². The molecule has 0 radical (unpaired) electrons. The zero-order chi connectivity index (χ0) is 20.9. The smallest absolute Gasteiger partial charge is 0.231 e. The number of hydrogen-bond acceptors (Lipinski definition) is 6. The Morgan fingerprint density at radius 3 is 2.70 bits per heavy atom. The van der Waals surface area contributed by atoms with Crippen molar-refractivity contribution in [2.45, 2.75) is 18.2 Å². The molecule has 156 valence electrons. The highest BCUT2D eigenvalue weighted by molar-refractivity contribution is 5.99. The lowest BCUT2D eigenvalue weighted by molar-refractivity contribution is -0.136. The Hall–Kier alpha value is -3.26. The minimum Gasteiger partial charge on any atom is -0.497 e. The number of methoxy groups -OCH3 is 2. The van der Waals surface area contributed by atoms with Gasteiger partial charge < -0.3 is 28.8 Å². The summed E-state index contributed by atoms with van der Waals surface area (Å²) in [4.78, 5) is 28.1. The van der Waals surface area contributed by atoms with E-state index in [1.165, 1.54) is 0 Å². The number of rotatable bonds is 6. The molecule has 3 aliphatic heterocycles. The lowest BCUT2D eigenvalue weighted by Gasteiger charge is -2.23. The van der Waals surface area contributed by atoms with E-state index < -0.39 is 23.5 Å². The van der Waals surface area contributed by atoms with Crippen LogP contribution in [0, 0.1) is 11.8 Å². The molecule has 8 heteroatoms. The van der Waals surface area contributed by atoms with Crippen LogP contribution in [0.25, 0.3) is 0 Å². The number of carbonyl (C=O) groups is 2. The Morgan fingerprint density at radius 2 is 2.03 bits per heavy atom. The Balaban J connectivity index is 1.38. The zero-order valence-corrected chi connectivity index (χ0v) is 16.7. The minimum absolute atomic E-state index is 0.0957. The van der Waals surface area contributed by atoms with E-state index in [4.69, 9.17) is 18.6 Å². The first-order valence-corrected chi connectivity index (χ1v) is 9.75. The maximum Gasteiger partial charge on any atom is 0.231 e. The zero-order valence-electron chi connectivity index (χ0n) is 16.7. The molecular formula is C22H22N2O6. The maximum atomic E-state index is 13.2. The van der Waals surface area contributed by atoms with Crippen molar-refractivity contribution in [2.24, 2.45) is 11.8 Å². The summed E-state index contributed by atoms with van der Waals surface area (Å²) >= 11 is 0. The van der Waals surface area contributed by atoms with Gasteiger partial charge in [-0.3, -0.25) is 9.59 Å². The molecule has 30 heavy (non-hydrogen) atoms. The molecule has 1 N–H and O–H groups in total. The minimum atomic E-state index is -0.761. The normalized spacial score (nSPS) is 28.7. The van der Waals surface area contributed by atoms with Gasteiger partial charge in [-0.15, -0.1) is 0 Å². The molecule has 1 aromatic heterocycles. The van der Waals surface area contributed by atoms with Crippen LogP contribution in [-0.2, 0) is 20.9 Å².